The highest BCUT2D eigenvalue weighted by Gasteiger charge is 2.18. The Hall–Kier alpha value is -3.88. The molecule has 4 rings (SSSR count). The van der Waals surface area contributed by atoms with Crippen molar-refractivity contribution in [2.24, 2.45) is 5.84 Å². The van der Waals surface area contributed by atoms with Crippen LogP contribution >= 0.6 is 11.3 Å². The van der Waals surface area contributed by atoms with Gasteiger partial charge in [-0.15, -0.1) is 11.3 Å². The van der Waals surface area contributed by atoms with E-state index in [1.165, 1.54) is 23.5 Å². The fourth-order valence-electron chi connectivity index (χ4n) is 2.92. The fraction of sp³-hybridized carbons (Fsp3) is 0. The number of nitrogens with zero attached hydrogens (tertiary/aromatic N) is 3. The number of nitro benzene ring substituents is 1. The van der Waals surface area contributed by atoms with Crippen molar-refractivity contribution in [2.45, 2.75) is 0 Å². The summed E-state index contributed by atoms with van der Waals surface area (Å²) >= 11 is 1.22. The third-order valence-corrected chi connectivity index (χ3v) is 5.37. The van der Waals surface area contributed by atoms with Crippen LogP contribution in [0.4, 0.5) is 10.8 Å². The van der Waals surface area contributed by atoms with Crippen LogP contribution in [0.5, 0.6) is 0 Å². The van der Waals surface area contributed by atoms with Gasteiger partial charge in [-0.3, -0.25) is 14.9 Å². The largest absolute Gasteiger partial charge is 0.274 e. The van der Waals surface area contributed by atoms with Gasteiger partial charge in [0, 0.05) is 28.6 Å². The van der Waals surface area contributed by atoms with Crippen LogP contribution in [0, 0.1) is 10.1 Å². The van der Waals surface area contributed by atoms with E-state index < -0.39 is 4.92 Å². The molecule has 0 bridgehead atoms. The second-order valence-electron chi connectivity index (χ2n) is 6.44. The molecule has 148 valence electrons. The first-order chi connectivity index (χ1) is 14.5. The number of hydrazine groups is 1. The van der Waals surface area contributed by atoms with E-state index in [9.17, 15) is 14.9 Å². The number of amides is 1. The van der Waals surface area contributed by atoms with E-state index >= 15 is 0 Å². The first-order valence-corrected chi connectivity index (χ1v) is 9.86. The molecule has 1 heterocycles. The summed E-state index contributed by atoms with van der Waals surface area (Å²) < 4.78 is 0. The number of hydrogen-bond donors (Lipinski definition) is 1. The predicted octanol–water partition coefficient (Wildman–Crippen LogP) is 4.91. The number of carbonyl (C=O) groups excluding carboxylic acids is 1. The van der Waals surface area contributed by atoms with Gasteiger partial charge in [0.2, 0.25) is 5.13 Å². The molecule has 0 fully saturated rings. The lowest BCUT2D eigenvalue weighted by atomic mass is 10.0. The third-order valence-electron chi connectivity index (χ3n) is 4.53. The minimum absolute atomic E-state index is 0.00350. The number of nitro groups is 1. The molecule has 0 radical (unpaired) electrons. The number of anilines is 1. The van der Waals surface area contributed by atoms with E-state index in [1.807, 2.05) is 42.5 Å². The summed E-state index contributed by atoms with van der Waals surface area (Å²) in [7, 11) is 0. The Morgan fingerprint density at radius 1 is 0.900 bits per heavy atom. The molecule has 7 nitrogen and oxygen atoms in total. The Kier molecular flexibility index (Phi) is 5.34. The van der Waals surface area contributed by atoms with Gasteiger partial charge in [0.1, 0.15) is 0 Å². The Balaban J connectivity index is 1.51. The lowest BCUT2D eigenvalue weighted by molar-refractivity contribution is -0.384. The Labute approximate surface area is 176 Å². The topological polar surface area (TPSA) is 102 Å². The molecule has 4 aromatic rings. The molecule has 0 aliphatic carbocycles. The lowest BCUT2D eigenvalue weighted by Gasteiger charge is -2.13. The van der Waals surface area contributed by atoms with Gasteiger partial charge in [-0.05, 0) is 35.4 Å². The molecule has 0 aliphatic heterocycles. The second kappa shape index (κ2) is 8.24. The maximum atomic E-state index is 12.8. The van der Waals surface area contributed by atoms with E-state index in [2.05, 4.69) is 4.98 Å². The normalized spacial score (nSPS) is 10.6. The fourth-order valence-corrected chi connectivity index (χ4v) is 3.68. The summed E-state index contributed by atoms with van der Waals surface area (Å²) in [4.78, 5) is 27.5. The summed E-state index contributed by atoms with van der Waals surface area (Å²) in [5.74, 6) is 5.64. The van der Waals surface area contributed by atoms with Crippen LogP contribution in [-0.2, 0) is 0 Å². The molecule has 30 heavy (non-hydrogen) atoms. The zero-order valence-corrected chi connectivity index (χ0v) is 16.5. The summed E-state index contributed by atoms with van der Waals surface area (Å²) in [6.45, 7) is 0. The number of non-ortho nitro benzene ring substituents is 1. The second-order valence-corrected chi connectivity index (χ2v) is 7.27. The minimum atomic E-state index is -0.459. The molecule has 0 unspecified atom stereocenters. The summed E-state index contributed by atoms with van der Waals surface area (Å²) in [6, 6.07) is 23.1. The average molecular weight is 416 g/mol. The Morgan fingerprint density at radius 2 is 1.50 bits per heavy atom. The number of rotatable bonds is 5. The molecule has 8 heteroatoms. The standard InChI is InChI=1S/C22H16N4O3S/c23-25(21(27)18-8-6-16(7-9-18)15-4-2-1-3-5-15)22-24-20(14-30-22)17-10-12-19(13-11-17)26(28)29/h1-14H,23H2. The summed E-state index contributed by atoms with van der Waals surface area (Å²) in [5.41, 5.74) is 3.82. The number of aromatic nitrogens is 1. The Morgan fingerprint density at radius 3 is 2.13 bits per heavy atom. The van der Waals surface area contributed by atoms with Crippen LogP contribution in [0.15, 0.2) is 84.2 Å². The SMILES string of the molecule is NN(C(=O)c1ccc(-c2ccccc2)cc1)c1nc(-c2ccc([N+](=O)[O-])cc2)cs1. The summed E-state index contributed by atoms with van der Waals surface area (Å²) in [5, 5.41) is 13.9. The molecule has 0 saturated carbocycles. The molecule has 1 aromatic heterocycles. The van der Waals surface area contributed by atoms with Gasteiger partial charge in [-0.1, -0.05) is 42.5 Å². The van der Waals surface area contributed by atoms with E-state index in [0.717, 1.165) is 16.1 Å². The van der Waals surface area contributed by atoms with Crippen molar-refractivity contribution in [3.63, 3.8) is 0 Å². The van der Waals surface area contributed by atoms with E-state index in [-0.39, 0.29) is 11.6 Å². The zero-order chi connectivity index (χ0) is 21.1. The van der Waals surface area contributed by atoms with Crippen molar-refractivity contribution < 1.29 is 9.72 Å². The van der Waals surface area contributed by atoms with Crippen molar-refractivity contribution in [1.82, 2.24) is 4.98 Å². The third kappa shape index (κ3) is 3.95. The first kappa shape index (κ1) is 19.4. The van der Waals surface area contributed by atoms with Crippen molar-refractivity contribution in [2.75, 3.05) is 5.01 Å². The zero-order valence-electron chi connectivity index (χ0n) is 15.6. The molecule has 0 spiro atoms. The lowest BCUT2D eigenvalue weighted by Crippen LogP contribution is -2.37. The predicted molar refractivity (Wildman–Crippen MR) is 117 cm³/mol. The highest BCUT2D eigenvalue weighted by molar-refractivity contribution is 7.14. The molecule has 1 amide bonds. The number of nitrogens with two attached hydrogens (primary N) is 1. The molecule has 0 atom stereocenters. The molecule has 0 saturated heterocycles. The van der Waals surface area contributed by atoms with Crippen LogP contribution in [0.25, 0.3) is 22.4 Å². The van der Waals surface area contributed by atoms with Crippen LogP contribution in [0.3, 0.4) is 0 Å². The molecule has 0 aliphatic rings. The van der Waals surface area contributed by atoms with Crippen molar-refractivity contribution in [3.8, 4) is 22.4 Å². The molecule has 2 N–H and O–H groups in total. The van der Waals surface area contributed by atoms with Crippen LogP contribution in [-0.4, -0.2) is 15.8 Å². The van der Waals surface area contributed by atoms with Gasteiger partial charge in [-0.2, -0.15) is 0 Å². The smallest absolute Gasteiger partial charge is 0.267 e. The van der Waals surface area contributed by atoms with Gasteiger partial charge in [0.25, 0.3) is 11.6 Å². The highest BCUT2D eigenvalue weighted by Crippen LogP contribution is 2.28. The number of hydrogen-bond acceptors (Lipinski definition) is 6. The molecular formula is C22H16N4O3S. The van der Waals surface area contributed by atoms with Crippen molar-refractivity contribution >= 4 is 28.1 Å². The maximum Gasteiger partial charge on any atom is 0.274 e. The van der Waals surface area contributed by atoms with Crippen molar-refractivity contribution in [1.29, 1.82) is 0 Å². The minimum Gasteiger partial charge on any atom is -0.267 e. The van der Waals surface area contributed by atoms with Gasteiger partial charge in [-0.25, -0.2) is 15.8 Å². The first-order valence-electron chi connectivity index (χ1n) is 8.98. The van der Waals surface area contributed by atoms with Gasteiger partial charge < -0.3 is 0 Å². The maximum absolute atomic E-state index is 12.8. The summed E-state index contributed by atoms with van der Waals surface area (Å²) in [6.07, 6.45) is 0. The number of benzene rings is 3. The Bertz CT molecular complexity index is 1190. The van der Waals surface area contributed by atoms with Crippen LogP contribution in [0.2, 0.25) is 0 Å². The van der Waals surface area contributed by atoms with E-state index in [0.29, 0.717) is 22.0 Å². The van der Waals surface area contributed by atoms with Crippen LogP contribution in [0.1, 0.15) is 10.4 Å². The number of carbonyl (C=O) groups is 1. The molecular weight excluding hydrogens is 400 g/mol. The van der Waals surface area contributed by atoms with Gasteiger partial charge in [0.15, 0.2) is 0 Å². The average Bonchev–Trinajstić information content (AvgIpc) is 3.29. The number of thiazole rings is 1. The van der Waals surface area contributed by atoms with Gasteiger partial charge in [0.05, 0.1) is 10.6 Å². The molecule has 3 aromatic carbocycles. The van der Waals surface area contributed by atoms with E-state index in [1.54, 1.807) is 29.6 Å². The van der Waals surface area contributed by atoms with E-state index in [4.69, 9.17) is 5.84 Å². The quantitative estimate of drug-likeness (QED) is 0.216. The van der Waals surface area contributed by atoms with Crippen molar-refractivity contribution in [3.05, 3.63) is 99.9 Å². The monoisotopic (exact) mass is 416 g/mol. The van der Waals surface area contributed by atoms with Gasteiger partial charge >= 0.3 is 0 Å². The highest BCUT2D eigenvalue weighted by atomic mass is 32.1. The van der Waals surface area contributed by atoms with Crippen LogP contribution < -0.4 is 10.9 Å².